The lowest BCUT2D eigenvalue weighted by molar-refractivity contribution is -0.111. The van der Waals surface area contributed by atoms with Gasteiger partial charge in [0.05, 0.1) is 25.5 Å². The van der Waals surface area contributed by atoms with Crippen LogP contribution in [0.15, 0.2) is 36.4 Å². The van der Waals surface area contributed by atoms with Crippen molar-refractivity contribution in [2.45, 2.75) is 33.0 Å². The van der Waals surface area contributed by atoms with E-state index in [9.17, 15) is 13.6 Å². The highest BCUT2D eigenvalue weighted by molar-refractivity contribution is 6.02. The molecule has 0 bridgehead atoms. The van der Waals surface area contributed by atoms with E-state index in [0.29, 0.717) is 19.6 Å². The van der Waals surface area contributed by atoms with Gasteiger partial charge in [0, 0.05) is 6.08 Å². The van der Waals surface area contributed by atoms with Crippen molar-refractivity contribution in [3.63, 3.8) is 0 Å². The van der Waals surface area contributed by atoms with E-state index in [4.69, 9.17) is 9.47 Å². The van der Waals surface area contributed by atoms with E-state index in [0.717, 1.165) is 29.2 Å². The molecule has 0 aliphatic carbocycles. The molecule has 1 amide bonds. The second kappa shape index (κ2) is 8.77. The first kappa shape index (κ1) is 19.0. The molecule has 142 valence electrons. The molecule has 0 atom stereocenters. The van der Waals surface area contributed by atoms with E-state index < -0.39 is 17.5 Å². The van der Waals surface area contributed by atoms with Gasteiger partial charge in [0.15, 0.2) is 11.6 Å². The van der Waals surface area contributed by atoms with Crippen molar-refractivity contribution in [1.29, 1.82) is 0 Å². The van der Waals surface area contributed by atoms with Gasteiger partial charge in [-0.15, -0.1) is 0 Å². The Bertz CT molecular complexity index is 865. The molecule has 0 spiro atoms. The predicted octanol–water partition coefficient (Wildman–Crippen LogP) is 4.83. The minimum atomic E-state index is -1.11. The number of rotatable bonds is 7. The number of amides is 1. The molecule has 1 N–H and O–H groups in total. The number of fused-ring (bicyclic) bond motifs is 1. The zero-order valence-corrected chi connectivity index (χ0v) is 15.1. The van der Waals surface area contributed by atoms with Crippen LogP contribution < -0.4 is 10.1 Å². The molecule has 0 saturated carbocycles. The first-order valence-electron chi connectivity index (χ1n) is 8.88. The van der Waals surface area contributed by atoms with Crippen LogP contribution in [0, 0.1) is 11.6 Å². The topological polar surface area (TPSA) is 47.6 Å². The number of halogens is 2. The molecular formula is C21H21F2NO3. The van der Waals surface area contributed by atoms with Gasteiger partial charge in [0.2, 0.25) is 11.7 Å². The molecule has 0 fully saturated rings. The van der Waals surface area contributed by atoms with Gasteiger partial charge in [0.25, 0.3) is 0 Å². The van der Waals surface area contributed by atoms with E-state index in [1.165, 1.54) is 12.1 Å². The Kier molecular flexibility index (Phi) is 6.19. The van der Waals surface area contributed by atoms with Crippen molar-refractivity contribution in [3.05, 3.63) is 64.7 Å². The molecule has 0 radical (unpaired) electrons. The normalized spacial score (nSPS) is 13.0. The Labute approximate surface area is 156 Å². The molecular weight excluding hydrogens is 352 g/mol. The monoisotopic (exact) mass is 373 g/mol. The Balaban J connectivity index is 1.70. The number of hydrogen-bond acceptors (Lipinski definition) is 3. The minimum absolute atomic E-state index is 0.0991. The van der Waals surface area contributed by atoms with Crippen LogP contribution in [0.25, 0.3) is 6.08 Å². The number of ether oxygens (including phenoxy) is 2. The third kappa shape index (κ3) is 4.71. The minimum Gasteiger partial charge on any atom is -0.488 e. The van der Waals surface area contributed by atoms with Crippen LogP contribution in [0.5, 0.6) is 5.75 Å². The average Bonchev–Trinajstić information content (AvgIpc) is 3.13. The van der Waals surface area contributed by atoms with Gasteiger partial charge in [-0.05, 0) is 47.4 Å². The maximum Gasteiger partial charge on any atom is 0.248 e. The summed E-state index contributed by atoms with van der Waals surface area (Å²) in [7, 11) is 0. The van der Waals surface area contributed by atoms with E-state index in [1.54, 1.807) is 6.08 Å². The van der Waals surface area contributed by atoms with Crippen LogP contribution in [-0.4, -0.2) is 12.5 Å². The van der Waals surface area contributed by atoms with Gasteiger partial charge in [-0.25, -0.2) is 4.39 Å². The standard InChI is InChI=1S/C21H21F2NO3/c1-2-3-10-27-21-18(8-7-17(22)20(21)23)24-19(25)9-5-14-4-6-15-12-26-13-16(15)11-14/h4-9,11H,2-3,10,12-13H2,1H3,(H,24,25)/b9-5+. The predicted molar refractivity (Wildman–Crippen MR) is 99.4 cm³/mol. The summed E-state index contributed by atoms with van der Waals surface area (Å²) in [6.45, 7) is 3.38. The highest BCUT2D eigenvalue weighted by atomic mass is 19.2. The van der Waals surface area contributed by atoms with Crippen LogP contribution in [0.4, 0.5) is 14.5 Å². The molecule has 0 unspecified atom stereocenters. The third-order valence-electron chi connectivity index (χ3n) is 4.22. The Morgan fingerprint density at radius 1 is 1.22 bits per heavy atom. The maximum absolute atomic E-state index is 14.0. The van der Waals surface area contributed by atoms with Crippen LogP contribution in [0.3, 0.4) is 0 Å². The second-order valence-electron chi connectivity index (χ2n) is 6.28. The lowest BCUT2D eigenvalue weighted by Crippen LogP contribution is -2.11. The first-order chi connectivity index (χ1) is 13.1. The SMILES string of the molecule is CCCCOc1c(NC(=O)/C=C/c2ccc3c(c2)COC3)ccc(F)c1F. The third-order valence-corrected chi connectivity index (χ3v) is 4.22. The number of benzene rings is 2. The highest BCUT2D eigenvalue weighted by Crippen LogP contribution is 2.30. The number of anilines is 1. The summed E-state index contributed by atoms with van der Waals surface area (Å²) in [5.74, 6) is -2.86. The van der Waals surface area contributed by atoms with Gasteiger partial charge in [-0.3, -0.25) is 4.79 Å². The van der Waals surface area contributed by atoms with E-state index in [1.807, 2.05) is 25.1 Å². The Morgan fingerprint density at radius 3 is 2.85 bits per heavy atom. The van der Waals surface area contributed by atoms with Gasteiger partial charge in [-0.1, -0.05) is 25.5 Å². The number of carbonyl (C=O) groups excluding carboxylic acids is 1. The molecule has 0 aromatic heterocycles. The van der Waals surface area contributed by atoms with Crippen molar-refractivity contribution in [2.75, 3.05) is 11.9 Å². The highest BCUT2D eigenvalue weighted by Gasteiger charge is 2.16. The van der Waals surface area contributed by atoms with E-state index >= 15 is 0 Å². The van der Waals surface area contributed by atoms with Crippen molar-refractivity contribution >= 4 is 17.7 Å². The summed E-state index contributed by atoms with van der Waals surface area (Å²) in [5, 5.41) is 2.55. The van der Waals surface area contributed by atoms with E-state index in [2.05, 4.69) is 5.32 Å². The Hall–Kier alpha value is -2.73. The Morgan fingerprint density at radius 2 is 2.04 bits per heavy atom. The summed E-state index contributed by atoms with van der Waals surface area (Å²) < 4.78 is 38.2. The zero-order chi connectivity index (χ0) is 19.2. The quantitative estimate of drug-likeness (QED) is 0.559. The first-order valence-corrected chi connectivity index (χ1v) is 8.88. The molecule has 1 heterocycles. The summed E-state index contributed by atoms with van der Waals surface area (Å²) in [6.07, 6.45) is 4.55. The number of nitrogens with one attached hydrogen (secondary N) is 1. The maximum atomic E-state index is 14.0. The average molecular weight is 373 g/mol. The van der Waals surface area contributed by atoms with Gasteiger partial charge in [-0.2, -0.15) is 4.39 Å². The van der Waals surface area contributed by atoms with Crippen molar-refractivity contribution in [1.82, 2.24) is 0 Å². The van der Waals surface area contributed by atoms with Crippen molar-refractivity contribution in [3.8, 4) is 5.75 Å². The molecule has 3 rings (SSSR count). The molecule has 27 heavy (non-hydrogen) atoms. The largest absolute Gasteiger partial charge is 0.488 e. The van der Waals surface area contributed by atoms with Crippen LogP contribution >= 0.6 is 0 Å². The molecule has 6 heteroatoms. The number of unbranched alkanes of at least 4 members (excludes halogenated alkanes) is 1. The molecule has 1 aliphatic rings. The van der Waals surface area contributed by atoms with Gasteiger partial charge >= 0.3 is 0 Å². The summed E-state index contributed by atoms with van der Waals surface area (Å²) in [6, 6.07) is 8.08. The fourth-order valence-corrected chi connectivity index (χ4v) is 2.73. The van der Waals surface area contributed by atoms with Crippen molar-refractivity contribution in [2.24, 2.45) is 0 Å². The zero-order valence-electron chi connectivity index (χ0n) is 15.1. The van der Waals surface area contributed by atoms with Crippen LogP contribution in [-0.2, 0) is 22.7 Å². The van der Waals surface area contributed by atoms with E-state index in [-0.39, 0.29) is 18.0 Å². The fraction of sp³-hybridized carbons (Fsp3) is 0.286. The number of carbonyl (C=O) groups is 1. The van der Waals surface area contributed by atoms with Crippen LogP contribution in [0.1, 0.15) is 36.5 Å². The number of hydrogen-bond donors (Lipinski definition) is 1. The summed E-state index contributed by atoms with van der Waals surface area (Å²) in [4.78, 5) is 12.2. The van der Waals surface area contributed by atoms with Gasteiger partial charge in [0.1, 0.15) is 0 Å². The smallest absolute Gasteiger partial charge is 0.248 e. The van der Waals surface area contributed by atoms with Gasteiger partial charge < -0.3 is 14.8 Å². The lowest BCUT2D eigenvalue weighted by Gasteiger charge is -2.13. The molecule has 1 aliphatic heterocycles. The molecule has 0 saturated heterocycles. The second-order valence-corrected chi connectivity index (χ2v) is 6.28. The fourth-order valence-electron chi connectivity index (χ4n) is 2.73. The summed E-state index contributed by atoms with van der Waals surface area (Å²) in [5.41, 5.74) is 3.21. The summed E-state index contributed by atoms with van der Waals surface area (Å²) >= 11 is 0. The molecule has 2 aromatic rings. The van der Waals surface area contributed by atoms with Crippen LogP contribution in [0.2, 0.25) is 0 Å². The van der Waals surface area contributed by atoms with Crippen molar-refractivity contribution < 1.29 is 23.0 Å². The molecule has 4 nitrogen and oxygen atoms in total. The molecule has 2 aromatic carbocycles. The lowest BCUT2D eigenvalue weighted by atomic mass is 10.1.